The van der Waals surface area contributed by atoms with E-state index in [1.165, 1.54) is 0 Å². The predicted molar refractivity (Wildman–Crippen MR) is 79.7 cm³/mol. The number of carbonyl (C=O) groups excluding carboxylic acids is 1. The molecule has 102 valence electrons. The molecule has 20 heavy (non-hydrogen) atoms. The number of carbonyl (C=O) groups is 1. The van der Waals surface area contributed by atoms with Crippen molar-refractivity contribution >= 4 is 23.1 Å². The lowest BCUT2D eigenvalue weighted by atomic mass is 10.1. The first-order chi connectivity index (χ1) is 9.61. The molecular formula is C14H14N4OS. The van der Waals surface area contributed by atoms with E-state index >= 15 is 0 Å². The van der Waals surface area contributed by atoms with Gasteiger partial charge in [-0.25, -0.2) is 0 Å². The van der Waals surface area contributed by atoms with Gasteiger partial charge in [0.25, 0.3) is 5.91 Å². The molecule has 2 aromatic rings. The number of nitrogens with zero attached hydrogens (tertiary/aromatic N) is 2. The summed E-state index contributed by atoms with van der Waals surface area (Å²) in [5, 5.41) is 6.65. The van der Waals surface area contributed by atoms with E-state index in [9.17, 15) is 4.79 Å². The number of rotatable bonds is 2. The summed E-state index contributed by atoms with van der Waals surface area (Å²) in [6.45, 7) is 4.03. The smallest absolute Gasteiger partial charge is 0.269 e. The highest BCUT2D eigenvalue weighted by molar-refractivity contribution is 7.08. The number of nitrogens with one attached hydrogen (secondary N) is 1. The van der Waals surface area contributed by atoms with Gasteiger partial charge in [-0.05, 0) is 49.1 Å². The molecule has 0 saturated carbocycles. The zero-order chi connectivity index (χ0) is 14.5. The van der Waals surface area contributed by atoms with Crippen LogP contribution in [0.1, 0.15) is 26.5 Å². The first-order valence-electron chi connectivity index (χ1n) is 6.01. The molecule has 0 fully saturated rings. The molecule has 5 nitrogen and oxygen atoms in total. The fraction of sp³-hybridized carbons (Fsp3) is 0.214. The van der Waals surface area contributed by atoms with Gasteiger partial charge in [-0.1, -0.05) is 16.3 Å². The monoisotopic (exact) mass is 286 g/mol. The molecule has 0 aliphatic carbocycles. The molecule has 0 spiro atoms. The predicted octanol–water partition coefficient (Wildman–Crippen LogP) is 1.72. The van der Waals surface area contributed by atoms with Crippen molar-refractivity contribution < 1.29 is 4.79 Å². The number of benzene rings is 1. The molecule has 0 atom stereocenters. The van der Waals surface area contributed by atoms with Gasteiger partial charge in [-0.2, -0.15) is 0 Å². The van der Waals surface area contributed by atoms with Crippen LogP contribution in [-0.2, 0) is 0 Å². The van der Waals surface area contributed by atoms with Gasteiger partial charge < -0.3 is 11.1 Å². The molecule has 0 bridgehead atoms. The van der Waals surface area contributed by atoms with Crippen molar-refractivity contribution in [3.05, 3.63) is 39.9 Å². The lowest BCUT2D eigenvalue weighted by Crippen LogP contribution is -2.11. The maximum atomic E-state index is 12.0. The van der Waals surface area contributed by atoms with Gasteiger partial charge in [-0.3, -0.25) is 4.79 Å². The van der Waals surface area contributed by atoms with E-state index in [1.54, 1.807) is 6.92 Å². The van der Waals surface area contributed by atoms with Crippen LogP contribution < -0.4 is 11.1 Å². The Morgan fingerprint density at radius 2 is 2.25 bits per heavy atom. The molecule has 0 aliphatic heterocycles. The maximum Gasteiger partial charge on any atom is 0.269 e. The molecule has 1 amide bonds. The normalized spacial score (nSPS) is 9.75. The zero-order valence-corrected chi connectivity index (χ0v) is 12.0. The van der Waals surface area contributed by atoms with Crippen LogP contribution in [0.25, 0.3) is 0 Å². The molecule has 2 rings (SSSR count). The third-order valence-corrected chi connectivity index (χ3v) is 3.49. The van der Waals surface area contributed by atoms with Crippen LogP contribution in [0.15, 0.2) is 18.2 Å². The van der Waals surface area contributed by atoms with Crippen LogP contribution in [0.2, 0.25) is 0 Å². The van der Waals surface area contributed by atoms with Crippen molar-refractivity contribution in [1.29, 1.82) is 0 Å². The van der Waals surface area contributed by atoms with E-state index in [4.69, 9.17) is 5.73 Å². The number of hydrogen-bond donors (Lipinski definition) is 2. The zero-order valence-electron chi connectivity index (χ0n) is 11.2. The van der Waals surface area contributed by atoms with E-state index in [0.29, 0.717) is 17.1 Å². The lowest BCUT2D eigenvalue weighted by Gasteiger charge is -2.06. The number of hydrogen-bond acceptors (Lipinski definition) is 5. The van der Waals surface area contributed by atoms with Crippen LogP contribution in [0.3, 0.4) is 0 Å². The standard InChI is InChI=1S/C14H14N4OS/c1-9-8-12(6-5-11(9)4-3-7-15)16-14(19)13-10(2)17-18-20-13/h5-6,8H,7,15H2,1-2H3,(H,16,19). The lowest BCUT2D eigenvalue weighted by molar-refractivity contribution is 0.103. The summed E-state index contributed by atoms with van der Waals surface area (Å²) in [6, 6.07) is 5.56. The summed E-state index contributed by atoms with van der Waals surface area (Å²) >= 11 is 1.09. The van der Waals surface area contributed by atoms with Crippen LogP contribution in [-0.4, -0.2) is 22.0 Å². The van der Waals surface area contributed by atoms with Crippen molar-refractivity contribution in [1.82, 2.24) is 9.59 Å². The van der Waals surface area contributed by atoms with Gasteiger partial charge in [-0.15, -0.1) is 5.10 Å². The van der Waals surface area contributed by atoms with Crippen LogP contribution in [0.4, 0.5) is 5.69 Å². The minimum absolute atomic E-state index is 0.197. The topological polar surface area (TPSA) is 80.9 Å². The van der Waals surface area contributed by atoms with Crippen molar-refractivity contribution in [2.75, 3.05) is 11.9 Å². The van der Waals surface area contributed by atoms with Crippen molar-refractivity contribution in [2.24, 2.45) is 5.73 Å². The second kappa shape index (κ2) is 6.28. The van der Waals surface area contributed by atoms with Crippen molar-refractivity contribution in [3.63, 3.8) is 0 Å². The maximum absolute atomic E-state index is 12.0. The average Bonchev–Trinajstić information content (AvgIpc) is 2.84. The number of nitrogens with two attached hydrogens (primary N) is 1. The SMILES string of the molecule is Cc1cc(NC(=O)c2snnc2C)ccc1C#CCN. The molecule has 1 heterocycles. The fourth-order valence-corrected chi connectivity index (χ4v) is 2.21. The van der Waals surface area contributed by atoms with Gasteiger partial charge in [0, 0.05) is 11.3 Å². The van der Waals surface area contributed by atoms with Gasteiger partial charge >= 0.3 is 0 Å². The summed E-state index contributed by atoms with van der Waals surface area (Å²) in [6.07, 6.45) is 0. The number of anilines is 1. The largest absolute Gasteiger partial charge is 0.321 e. The van der Waals surface area contributed by atoms with E-state index in [1.807, 2.05) is 25.1 Å². The molecule has 0 unspecified atom stereocenters. The van der Waals surface area contributed by atoms with Crippen molar-refractivity contribution in [3.8, 4) is 11.8 Å². The number of aromatic nitrogens is 2. The summed E-state index contributed by atoms with van der Waals surface area (Å²) < 4.78 is 3.75. The Bertz CT molecular complexity index is 697. The molecule has 1 aromatic carbocycles. The quantitative estimate of drug-likeness (QED) is 0.824. The number of aryl methyl sites for hydroxylation is 2. The Morgan fingerprint density at radius 1 is 1.45 bits per heavy atom. The minimum atomic E-state index is -0.197. The van der Waals surface area contributed by atoms with E-state index < -0.39 is 0 Å². The summed E-state index contributed by atoms with van der Waals surface area (Å²) in [5.41, 5.74) is 8.60. The summed E-state index contributed by atoms with van der Waals surface area (Å²) in [5.74, 6) is 5.60. The van der Waals surface area contributed by atoms with Gasteiger partial charge in [0.15, 0.2) is 0 Å². The number of amides is 1. The van der Waals surface area contributed by atoms with Gasteiger partial charge in [0.1, 0.15) is 4.88 Å². The Hall–Kier alpha value is -2.23. The molecule has 0 saturated heterocycles. The van der Waals surface area contributed by atoms with Crippen LogP contribution in [0.5, 0.6) is 0 Å². The highest BCUT2D eigenvalue weighted by atomic mass is 32.1. The molecular weight excluding hydrogens is 272 g/mol. The van der Waals surface area contributed by atoms with Crippen LogP contribution >= 0.6 is 11.5 Å². The van der Waals surface area contributed by atoms with Gasteiger partial charge in [0.2, 0.25) is 0 Å². The Morgan fingerprint density at radius 3 is 2.85 bits per heavy atom. The Balaban J connectivity index is 2.17. The molecule has 6 heteroatoms. The Labute approximate surface area is 121 Å². The van der Waals surface area contributed by atoms with Gasteiger partial charge in [0.05, 0.1) is 12.2 Å². The third-order valence-electron chi connectivity index (χ3n) is 2.67. The molecule has 3 N–H and O–H groups in total. The highest BCUT2D eigenvalue weighted by Gasteiger charge is 2.13. The highest BCUT2D eigenvalue weighted by Crippen LogP contribution is 2.17. The van der Waals surface area contributed by atoms with E-state index in [-0.39, 0.29) is 5.91 Å². The second-order valence-corrected chi connectivity index (χ2v) is 4.93. The van der Waals surface area contributed by atoms with Crippen molar-refractivity contribution in [2.45, 2.75) is 13.8 Å². The second-order valence-electron chi connectivity index (χ2n) is 4.18. The first-order valence-corrected chi connectivity index (χ1v) is 6.79. The summed E-state index contributed by atoms with van der Waals surface area (Å²) in [7, 11) is 0. The molecule has 1 aromatic heterocycles. The van der Waals surface area contributed by atoms with Crippen LogP contribution in [0, 0.1) is 25.7 Å². The van der Waals surface area contributed by atoms with E-state index in [0.717, 1.165) is 28.3 Å². The Kier molecular flexibility index (Phi) is 4.45. The molecule has 0 aliphatic rings. The van der Waals surface area contributed by atoms with E-state index in [2.05, 4.69) is 26.7 Å². The minimum Gasteiger partial charge on any atom is -0.321 e. The molecule has 0 radical (unpaired) electrons. The third kappa shape index (κ3) is 3.20. The first kappa shape index (κ1) is 14.2. The summed E-state index contributed by atoms with van der Waals surface area (Å²) in [4.78, 5) is 12.6. The fourth-order valence-electron chi connectivity index (χ4n) is 1.66. The average molecular weight is 286 g/mol.